The third kappa shape index (κ3) is 2.35. The van der Waals surface area contributed by atoms with Gasteiger partial charge in [0.05, 0.1) is 5.56 Å². The van der Waals surface area contributed by atoms with E-state index in [1.807, 2.05) is 0 Å². The molecule has 0 radical (unpaired) electrons. The van der Waals surface area contributed by atoms with Crippen molar-refractivity contribution in [2.45, 2.75) is 13.3 Å². The Labute approximate surface area is 82.6 Å². The van der Waals surface area contributed by atoms with Crippen LogP contribution in [0.3, 0.4) is 0 Å². The maximum absolute atomic E-state index is 8.55. The molecule has 0 aliphatic carbocycles. The number of rotatable bonds is 4. The Bertz CT molecular complexity index is 324. The normalized spacial score (nSPS) is 11.4. The molecule has 0 atom stereocenters. The average Bonchev–Trinajstić information content (AvgIpc) is 2.25. The van der Waals surface area contributed by atoms with E-state index in [4.69, 9.17) is 10.9 Å². The van der Waals surface area contributed by atoms with Gasteiger partial charge in [0, 0.05) is 12.7 Å². The molecule has 0 bridgehead atoms. The minimum absolute atomic E-state index is 0.0664. The van der Waals surface area contributed by atoms with Gasteiger partial charge in [-0.25, -0.2) is 4.98 Å². The molecule has 0 aromatic carbocycles. The Morgan fingerprint density at radius 2 is 2.50 bits per heavy atom. The van der Waals surface area contributed by atoms with Gasteiger partial charge in [-0.3, -0.25) is 0 Å². The standard InChI is InChI=1S/C9H14N4O/c1-2-5-11-9-7(8(10)13-14)4-3-6-12-9/h3-4,6,14H,2,5H2,1H3,(H2,10,13)(H,11,12). The van der Waals surface area contributed by atoms with Crippen LogP contribution in [0.5, 0.6) is 0 Å². The number of aromatic nitrogens is 1. The average molecular weight is 194 g/mol. The van der Waals surface area contributed by atoms with Crippen LogP contribution in [0.15, 0.2) is 23.5 Å². The molecule has 0 fully saturated rings. The van der Waals surface area contributed by atoms with Crippen molar-refractivity contribution in [1.29, 1.82) is 0 Å². The first-order valence-electron chi connectivity index (χ1n) is 4.46. The smallest absolute Gasteiger partial charge is 0.173 e. The summed E-state index contributed by atoms with van der Waals surface area (Å²) >= 11 is 0. The summed E-state index contributed by atoms with van der Waals surface area (Å²) in [5, 5.41) is 14.6. The minimum Gasteiger partial charge on any atom is -0.409 e. The van der Waals surface area contributed by atoms with Gasteiger partial charge < -0.3 is 16.3 Å². The van der Waals surface area contributed by atoms with E-state index in [1.54, 1.807) is 18.3 Å². The Hall–Kier alpha value is -1.78. The van der Waals surface area contributed by atoms with Crippen LogP contribution in [-0.2, 0) is 0 Å². The number of nitrogens with one attached hydrogen (secondary N) is 1. The van der Waals surface area contributed by atoms with E-state index in [1.165, 1.54) is 0 Å². The maximum Gasteiger partial charge on any atom is 0.173 e. The van der Waals surface area contributed by atoms with Gasteiger partial charge in [0.1, 0.15) is 5.82 Å². The lowest BCUT2D eigenvalue weighted by Crippen LogP contribution is -2.17. The Morgan fingerprint density at radius 3 is 3.14 bits per heavy atom. The number of amidine groups is 1. The molecule has 0 aliphatic rings. The van der Waals surface area contributed by atoms with Crippen LogP contribution in [0.2, 0.25) is 0 Å². The molecule has 5 nitrogen and oxygen atoms in total. The van der Waals surface area contributed by atoms with E-state index in [2.05, 4.69) is 22.4 Å². The van der Waals surface area contributed by atoms with Crippen molar-refractivity contribution in [3.8, 4) is 0 Å². The number of hydrogen-bond donors (Lipinski definition) is 3. The molecule has 1 aromatic rings. The minimum atomic E-state index is 0.0664. The Kier molecular flexibility index (Phi) is 3.72. The quantitative estimate of drug-likeness (QED) is 0.289. The van der Waals surface area contributed by atoms with Gasteiger partial charge in [-0.15, -0.1) is 0 Å². The topological polar surface area (TPSA) is 83.5 Å². The van der Waals surface area contributed by atoms with Gasteiger partial charge in [-0.1, -0.05) is 12.1 Å². The third-order valence-corrected chi connectivity index (χ3v) is 1.73. The summed E-state index contributed by atoms with van der Waals surface area (Å²) in [6.07, 6.45) is 2.65. The van der Waals surface area contributed by atoms with Crippen LogP contribution < -0.4 is 11.1 Å². The fourth-order valence-corrected chi connectivity index (χ4v) is 1.05. The van der Waals surface area contributed by atoms with Crippen LogP contribution in [-0.4, -0.2) is 22.6 Å². The molecule has 76 valence electrons. The van der Waals surface area contributed by atoms with E-state index in [0.29, 0.717) is 11.4 Å². The Balaban J connectivity index is 2.91. The molecule has 0 saturated carbocycles. The van der Waals surface area contributed by atoms with Gasteiger partial charge in [-0.2, -0.15) is 0 Å². The molecule has 1 heterocycles. The molecule has 0 amide bonds. The third-order valence-electron chi connectivity index (χ3n) is 1.73. The van der Waals surface area contributed by atoms with Crippen molar-refractivity contribution in [2.75, 3.05) is 11.9 Å². The highest BCUT2D eigenvalue weighted by Crippen LogP contribution is 2.10. The molecular formula is C9H14N4O. The number of nitrogens with two attached hydrogens (primary N) is 1. The fraction of sp³-hybridized carbons (Fsp3) is 0.333. The summed E-state index contributed by atoms with van der Waals surface area (Å²) in [5.74, 6) is 0.710. The molecule has 5 heteroatoms. The van der Waals surface area contributed by atoms with Crippen molar-refractivity contribution in [3.05, 3.63) is 23.9 Å². The largest absolute Gasteiger partial charge is 0.409 e. The van der Waals surface area contributed by atoms with Crippen LogP contribution in [0.4, 0.5) is 5.82 Å². The lowest BCUT2D eigenvalue weighted by molar-refractivity contribution is 0.318. The molecule has 1 rings (SSSR count). The lowest BCUT2D eigenvalue weighted by atomic mass is 10.2. The van der Waals surface area contributed by atoms with Crippen LogP contribution in [0.25, 0.3) is 0 Å². The van der Waals surface area contributed by atoms with E-state index in [0.717, 1.165) is 13.0 Å². The number of anilines is 1. The summed E-state index contributed by atoms with van der Waals surface area (Å²) in [6, 6.07) is 3.49. The maximum atomic E-state index is 8.55. The number of oxime groups is 1. The van der Waals surface area contributed by atoms with Gasteiger partial charge in [0.25, 0.3) is 0 Å². The molecule has 0 spiro atoms. The van der Waals surface area contributed by atoms with E-state index >= 15 is 0 Å². The van der Waals surface area contributed by atoms with Gasteiger partial charge >= 0.3 is 0 Å². The molecule has 4 N–H and O–H groups in total. The van der Waals surface area contributed by atoms with E-state index in [-0.39, 0.29) is 5.84 Å². The predicted molar refractivity (Wildman–Crippen MR) is 55.5 cm³/mol. The second kappa shape index (κ2) is 5.06. The second-order valence-electron chi connectivity index (χ2n) is 2.81. The van der Waals surface area contributed by atoms with Crippen LogP contribution in [0, 0.1) is 0 Å². The summed E-state index contributed by atoms with van der Waals surface area (Å²) < 4.78 is 0. The van der Waals surface area contributed by atoms with E-state index < -0.39 is 0 Å². The summed E-state index contributed by atoms with van der Waals surface area (Å²) in [7, 11) is 0. The zero-order valence-electron chi connectivity index (χ0n) is 8.07. The van der Waals surface area contributed by atoms with Gasteiger partial charge in [0.2, 0.25) is 0 Å². The monoisotopic (exact) mass is 194 g/mol. The molecule has 1 aromatic heterocycles. The first kappa shape index (κ1) is 10.3. The van der Waals surface area contributed by atoms with Crippen molar-refractivity contribution in [2.24, 2.45) is 10.9 Å². The van der Waals surface area contributed by atoms with Crippen molar-refractivity contribution in [1.82, 2.24) is 4.98 Å². The first-order chi connectivity index (χ1) is 6.79. The van der Waals surface area contributed by atoms with Crippen LogP contribution in [0.1, 0.15) is 18.9 Å². The summed E-state index contributed by atoms with van der Waals surface area (Å²) in [5.41, 5.74) is 6.10. The van der Waals surface area contributed by atoms with Crippen molar-refractivity contribution in [3.63, 3.8) is 0 Å². The number of hydrogen-bond acceptors (Lipinski definition) is 4. The summed E-state index contributed by atoms with van der Waals surface area (Å²) in [4.78, 5) is 4.10. The van der Waals surface area contributed by atoms with Crippen molar-refractivity contribution < 1.29 is 5.21 Å². The zero-order valence-corrected chi connectivity index (χ0v) is 8.07. The number of pyridine rings is 1. The molecular weight excluding hydrogens is 180 g/mol. The highest BCUT2D eigenvalue weighted by molar-refractivity contribution is 6.01. The van der Waals surface area contributed by atoms with Gasteiger partial charge in [-0.05, 0) is 18.6 Å². The predicted octanol–water partition coefficient (Wildman–Crippen LogP) is 0.998. The SMILES string of the molecule is CCCNc1ncccc1C(N)=NO. The fourth-order valence-electron chi connectivity index (χ4n) is 1.05. The number of nitrogens with zero attached hydrogens (tertiary/aromatic N) is 2. The van der Waals surface area contributed by atoms with E-state index in [9.17, 15) is 0 Å². The highest BCUT2D eigenvalue weighted by atomic mass is 16.4. The molecule has 14 heavy (non-hydrogen) atoms. The molecule has 0 saturated heterocycles. The highest BCUT2D eigenvalue weighted by Gasteiger charge is 2.06. The molecule has 0 unspecified atom stereocenters. The summed E-state index contributed by atoms with van der Waals surface area (Å²) in [6.45, 7) is 2.86. The van der Waals surface area contributed by atoms with Gasteiger partial charge in [0.15, 0.2) is 5.84 Å². The molecule has 0 aliphatic heterocycles. The zero-order chi connectivity index (χ0) is 10.4. The first-order valence-corrected chi connectivity index (χ1v) is 4.46. The van der Waals surface area contributed by atoms with Crippen molar-refractivity contribution >= 4 is 11.7 Å². The second-order valence-corrected chi connectivity index (χ2v) is 2.81. The lowest BCUT2D eigenvalue weighted by Gasteiger charge is -2.08. The van der Waals surface area contributed by atoms with Crippen LogP contribution >= 0.6 is 0 Å². The Morgan fingerprint density at radius 1 is 1.71 bits per heavy atom.